The number of imidazole rings is 1. The first-order valence-electron chi connectivity index (χ1n) is 9.52. The molecule has 2 aromatic carbocycles. The van der Waals surface area contributed by atoms with E-state index in [-0.39, 0.29) is 11.9 Å². The van der Waals surface area contributed by atoms with Crippen LogP contribution in [0, 0.1) is 6.92 Å². The average Bonchev–Trinajstić information content (AvgIpc) is 2.99. The number of halogens is 2. The van der Waals surface area contributed by atoms with Crippen molar-refractivity contribution in [2.45, 2.75) is 52.6 Å². The Morgan fingerprint density at radius 3 is 2.43 bits per heavy atom. The predicted octanol–water partition coefficient (Wildman–Crippen LogP) is 5.72. The molecule has 3 aromatic rings. The van der Waals surface area contributed by atoms with Gasteiger partial charge in [0.05, 0.1) is 21.1 Å². The number of aryl methyl sites for hydroxylation is 1. The van der Waals surface area contributed by atoms with Crippen LogP contribution in [0.2, 0.25) is 10.0 Å². The molecule has 0 saturated carbocycles. The van der Waals surface area contributed by atoms with Gasteiger partial charge in [-0.1, -0.05) is 60.0 Å². The van der Waals surface area contributed by atoms with Crippen LogP contribution in [0.25, 0.3) is 11.0 Å². The molecule has 4 nitrogen and oxygen atoms in total. The SMILES string of the molecule is CC[C@@H](C)NC(=O)[C@@H](C)n1c(Cc2ccc(C)cc2)nc2cc(Cl)c(Cl)cc21. The minimum absolute atomic E-state index is 0.0371. The van der Waals surface area contributed by atoms with E-state index in [9.17, 15) is 4.79 Å². The van der Waals surface area contributed by atoms with Crippen molar-refractivity contribution >= 4 is 40.1 Å². The number of aromatic nitrogens is 2. The number of nitrogens with one attached hydrogen (secondary N) is 1. The molecule has 0 saturated heterocycles. The van der Waals surface area contributed by atoms with Gasteiger partial charge in [0.15, 0.2) is 0 Å². The van der Waals surface area contributed by atoms with E-state index in [0.29, 0.717) is 16.5 Å². The molecule has 0 unspecified atom stereocenters. The van der Waals surface area contributed by atoms with Gasteiger partial charge in [0.1, 0.15) is 11.9 Å². The summed E-state index contributed by atoms with van der Waals surface area (Å²) in [4.78, 5) is 17.6. The Balaban J connectivity index is 2.07. The van der Waals surface area contributed by atoms with Crippen molar-refractivity contribution in [2.75, 3.05) is 0 Å². The second kappa shape index (κ2) is 8.54. The molecule has 0 radical (unpaired) electrons. The Kier molecular flexibility index (Phi) is 6.31. The number of fused-ring (bicyclic) bond motifs is 1. The number of benzene rings is 2. The van der Waals surface area contributed by atoms with Gasteiger partial charge in [0.25, 0.3) is 0 Å². The van der Waals surface area contributed by atoms with Crippen molar-refractivity contribution in [1.29, 1.82) is 0 Å². The number of carbonyl (C=O) groups is 1. The van der Waals surface area contributed by atoms with Gasteiger partial charge in [-0.2, -0.15) is 0 Å². The van der Waals surface area contributed by atoms with E-state index in [4.69, 9.17) is 28.2 Å². The van der Waals surface area contributed by atoms with E-state index in [1.54, 1.807) is 12.1 Å². The van der Waals surface area contributed by atoms with Crippen LogP contribution in [0.4, 0.5) is 0 Å². The van der Waals surface area contributed by atoms with Crippen LogP contribution in [0.1, 0.15) is 50.2 Å². The molecule has 28 heavy (non-hydrogen) atoms. The van der Waals surface area contributed by atoms with Gasteiger partial charge in [-0.05, 0) is 44.9 Å². The lowest BCUT2D eigenvalue weighted by Gasteiger charge is -2.20. The Morgan fingerprint density at radius 2 is 1.79 bits per heavy atom. The molecule has 1 N–H and O–H groups in total. The van der Waals surface area contributed by atoms with E-state index >= 15 is 0 Å². The van der Waals surface area contributed by atoms with Crippen molar-refractivity contribution in [3.63, 3.8) is 0 Å². The van der Waals surface area contributed by atoms with E-state index in [1.807, 2.05) is 25.3 Å². The van der Waals surface area contributed by atoms with Gasteiger partial charge in [0, 0.05) is 12.5 Å². The largest absolute Gasteiger partial charge is 0.352 e. The number of amides is 1. The molecule has 0 spiro atoms. The Hall–Kier alpha value is -2.04. The van der Waals surface area contributed by atoms with Crippen molar-refractivity contribution < 1.29 is 4.79 Å². The third kappa shape index (κ3) is 4.34. The molecule has 148 valence electrons. The van der Waals surface area contributed by atoms with E-state index in [2.05, 4.69) is 36.5 Å². The molecule has 0 aliphatic rings. The minimum Gasteiger partial charge on any atom is -0.352 e. The summed E-state index contributed by atoms with van der Waals surface area (Å²) < 4.78 is 1.97. The molecule has 1 aromatic heterocycles. The Labute approximate surface area is 175 Å². The monoisotopic (exact) mass is 417 g/mol. The fraction of sp³-hybridized carbons (Fsp3) is 0.364. The summed E-state index contributed by atoms with van der Waals surface area (Å²) >= 11 is 12.5. The van der Waals surface area contributed by atoms with Gasteiger partial charge >= 0.3 is 0 Å². The topological polar surface area (TPSA) is 46.9 Å². The second-order valence-corrected chi connectivity index (χ2v) is 8.12. The third-order valence-electron chi connectivity index (χ3n) is 5.06. The Morgan fingerprint density at radius 1 is 1.14 bits per heavy atom. The first-order valence-corrected chi connectivity index (χ1v) is 10.3. The third-order valence-corrected chi connectivity index (χ3v) is 5.78. The molecule has 6 heteroatoms. The fourth-order valence-corrected chi connectivity index (χ4v) is 3.48. The maximum atomic E-state index is 12.8. The maximum Gasteiger partial charge on any atom is 0.243 e. The van der Waals surface area contributed by atoms with Crippen LogP contribution in [0.5, 0.6) is 0 Å². The molecule has 3 rings (SSSR count). The van der Waals surface area contributed by atoms with Crippen molar-refractivity contribution in [2.24, 2.45) is 0 Å². The van der Waals surface area contributed by atoms with Crippen LogP contribution in [-0.2, 0) is 11.2 Å². The summed E-state index contributed by atoms with van der Waals surface area (Å²) in [5.74, 6) is 0.772. The van der Waals surface area contributed by atoms with Gasteiger partial charge in [-0.25, -0.2) is 4.98 Å². The molecular weight excluding hydrogens is 393 g/mol. The first-order chi connectivity index (χ1) is 13.3. The molecule has 0 aliphatic carbocycles. The lowest BCUT2D eigenvalue weighted by Crippen LogP contribution is -2.37. The highest BCUT2D eigenvalue weighted by molar-refractivity contribution is 6.42. The zero-order valence-electron chi connectivity index (χ0n) is 16.6. The van der Waals surface area contributed by atoms with Crippen LogP contribution >= 0.6 is 23.2 Å². The summed E-state index contributed by atoms with van der Waals surface area (Å²) in [6, 6.07) is 11.6. The van der Waals surface area contributed by atoms with Gasteiger partial charge in [0.2, 0.25) is 5.91 Å². The van der Waals surface area contributed by atoms with Gasteiger partial charge in [-0.15, -0.1) is 0 Å². The van der Waals surface area contributed by atoms with E-state index in [1.165, 1.54) is 5.56 Å². The molecule has 1 heterocycles. The average molecular weight is 418 g/mol. The van der Waals surface area contributed by atoms with Gasteiger partial charge in [-0.3, -0.25) is 4.79 Å². The predicted molar refractivity (Wildman–Crippen MR) is 116 cm³/mol. The number of rotatable bonds is 6. The van der Waals surface area contributed by atoms with Crippen molar-refractivity contribution in [3.05, 3.63) is 63.4 Å². The second-order valence-electron chi connectivity index (χ2n) is 7.31. The first kappa shape index (κ1) is 20.7. The number of carbonyl (C=O) groups excluding carboxylic acids is 1. The number of hydrogen-bond donors (Lipinski definition) is 1. The smallest absolute Gasteiger partial charge is 0.243 e. The van der Waals surface area contributed by atoms with Crippen LogP contribution in [0.15, 0.2) is 36.4 Å². The molecular formula is C22H25Cl2N3O. The summed E-state index contributed by atoms with van der Waals surface area (Å²) in [6.45, 7) is 8.00. The van der Waals surface area contributed by atoms with Gasteiger partial charge < -0.3 is 9.88 Å². The zero-order chi connectivity index (χ0) is 20.4. The van der Waals surface area contributed by atoms with Crippen molar-refractivity contribution in [1.82, 2.24) is 14.9 Å². The summed E-state index contributed by atoms with van der Waals surface area (Å²) in [5, 5.41) is 3.97. The quantitative estimate of drug-likeness (QED) is 0.557. The zero-order valence-corrected chi connectivity index (χ0v) is 18.1. The molecule has 2 atom stereocenters. The molecule has 0 fully saturated rings. The lowest BCUT2D eigenvalue weighted by molar-refractivity contribution is -0.124. The fourth-order valence-electron chi connectivity index (χ4n) is 3.17. The summed E-state index contributed by atoms with van der Waals surface area (Å²) in [6.07, 6.45) is 1.49. The normalized spacial score (nSPS) is 13.5. The van der Waals surface area contributed by atoms with Crippen LogP contribution in [0.3, 0.4) is 0 Å². The standard InChI is InChI=1S/C22H25Cl2N3O/c1-5-14(3)25-22(28)15(4)27-20-12-18(24)17(23)11-19(20)26-21(27)10-16-8-6-13(2)7-9-16/h6-9,11-12,14-15H,5,10H2,1-4H3,(H,25,28)/t14-,15-/m1/s1. The molecule has 1 amide bonds. The Bertz CT molecular complexity index is 995. The number of hydrogen-bond acceptors (Lipinski definition) is 2. The summed E-state index contributed by atoms with van der Waals surface area (Å²) in [7, 11) is 0. The highest BCUT2D eigenvalue weighted by Gasteiger charge is 2.23. The van der Waals surface area contributed by atoms with Crippen molar-refractivity contribution in [3.8, 4) is 0 Å². The molecule has 0 aliphatic heterocycles. The minimum atomic E-state index is -0.420. The molecule has 0 bridgehead atoms. The van der Waals surface area contributed by atoms with Crippen LogP contribution < -0.4 is 5.32 Å². The van der Waals surface area contributed by atoms with E-state index < -0.39 is 6.04 Å². The maximum absolute atomic E-state index is 12.8. The summed E-state index contributed by atoms with van der Waals surface area (Å²) in [5.41, 5.74) is 3.88. The van der Waals surface area contributed by atoms with Crippen LogP contribution in [-0.4, -0.2) is 21.5 Å². The van der Waals surface area contributed by atoms with E-state index in [0.717, 1.165) is 28.8 Å². The highest BCUT2D eigenvalue weighted by Crippen LogP contribution is 2.31. The lowest BCUT2D eigenvalue weighted by atomic mass is 10.1. The highest BCUT2D eigenvalue weighted by atomic mass is 35.5. The number of nitrogens with zero attached hydrogens (tertiary/aromatic N) is 2.